The van der Waals surface area contributed by atoms with Gasteiger partial charge in [-0.1, -0.05) is 25.3 Å². The highest BCUT2D eigenvalue weighted by Gasteiger charge is 2.18. The van der Waals surface area contributed by atoms with E-state index in [2.05, 4.69) is 33.7 Å². The summed E-state index contributed by atoms with van der Waals surface area (Å²) in [5, 5.41) is 4.29. The van der Waals surface area contributed by atoms with Gasteiger partial charge in [-0.05, 0) is 54.3 Å². The van der Waals surface area contributed by atoms with Crippen LogP contribution in [0.2, 0.25) is 0 Å². The molecule has 0 radical (unpaired) electrons. The Bertz CT molecular complexity index is 1000. The summed E-state index contributed by atoms with van der Waals surface area (Å²) in [6.45, 7) is 5.05. The van der Waals surface area contributed by atoms with Crippen LogP contribution in [0.1, 0.15) is 43.2 Å². The molecule has 1 aliphatic rings. The number of benzene rings is 1. The predicted octanol–water partition coefficient (Wildman–Crippen LogP) is 4.79. The molecule has 2 heterocycles. The molecule has 5 heteroatoms. The summed E-state index contributed by atoms with van der Waals surface area (Å²) in [5.74, 6) is 0.896. The predicted molar refractivity (Wildman–Crippen MR) is 119 cm³/mol. The average molecular weight is 404 g/mol. The Labute approximate surface area is 177 Å². The number of hydrogen-bond donors (Lipinski definition) is 1. The Morgan fingerprint density at radius 1 is 1.20 bits per heavy atom. The molecule has 30 heavy (non-hydrogen) atoms. The van der Waals surface area contributed by atoms with E-state index in [-0.39, 0.29) is 5.91 Å². The van der Waals surface area contributed by atoms with Crippen molar-refractivity contribution in [2.24, 2.45) is 0 Å². The van der Waals surface area contributed by atoms with Crippen LogP contribution in [-0.4, -0.2) is 21.5 Å². The molecule has 0 unspecified atom stereocenters. The lowest BCUT2D eigenvalue weighted by Crippen LogP contribution is -2.37. The van der Waals surface area contributed by atoms with Gasteiger partial charge in [-0.15, -0.1) is 6.58 Å². The number of carbonyl (C=O) groups excluding carboxylic acids is 1. The standard InChI is InChI=1S/C25H29N3O2/c1-2-14-28-17-20(15-25(29)27-21-6-4-3-5-7-21)23-16-22(8-9-24(23)28)30-18-19-10-12-26-13-11-19/h2,8-13,16-17,21H,1,3-7,14-15,18H2,(H,27,29). The molecule has 0 bridgehead atoms. The fourth-order valence-corrected chi connectivity index (χ4v) is 4.22. The summed E-state index contributed by atoms with van der Waals surface area (Å²) in [6.07, 6.45) is 13.7. The molecule has 1 aromatic carbocycles. The van der Waals surface area contributed by atoms with Gasteiger partial charge in [0.1, 0.15) is 12.4 Å². The van der Waals surface area contributed by atoms with E-state index < -0.39 is 0 Å². The van der Waals surface area contributed by atoms with E-state index in [0.717, 1.165) is 40.6 Å². The third kappa shape index (κ3) is 4.90. The molecule has 3 aromatic rings. The Balaban J connectivity index is 1.52. The van der Waals surface area contributed by atoms with Crippen molar-refractivity contribution in [1.29, 1.82) is 0 Å². The molecule has 4 rings (SSSR count). The summed E-state index contributed by atoms with van der Waals surface area (Å²) in [5.41, 5.74) is 3.18. The minimum absolute atomic E-state index is 0.0997. The molecule has 0 saturated heterocycles. The van der Waals surface area contributed by atoms with E-state index in [9.17, 15) is 4.79 Å². The highest BCUT2D eigenvalue weighted by atomic mass is 16.5. The van der Waals surface area contributed by atoms with Crippen LogP contribution in [0, 0.1) is 0 Å². The van der Waals surface area contributed by atoms with Gasteiger partial charge in [-0.2, -0.15) is 0 Å². The number of amides is 1. The average Bonchev–Trinajstić information content (AvgIpc) is 3.10. The second kappa shape index (κ2) is 9.61. The van der Waals surface area contributed by atoms with Gasteiger partial charge >= 0.3 is 0 Å². The number of hydrogen-bond acceptors (Lipinski definition) is 3. The van der Waals surface area contributed by atoms with Gasteiger partial charge < -0.3 is 14.6 Å². The van der Waals surface area contributed by atoms with Gasteiger partial charge in [-0.25, -0.2) is 0 Å². The first-order chi connectivity index (χ1) is 14.7. The fourth-order valence-electron chi connectivity index (χ4n) is 4.22. The van der Waals surface area contributed by atoms with Crippen LogP contribution in [0.4, 0.5) is 0 Å². The van der Waals surface area contributed by atoms with Crippen LogP contribution in [0.25, 0.3) is 10.9 Å². The SMILES string of the molecule is C=CCn1cc(CC(=O)NC2CCCCC2)c2cc(OCc3ccncc3)ccc21. The van der Waals surface area contributed by atoms with E-state index in [1.165, 1.54) is 19.3 Å². The van der Waals surface area contributed by atoms with Crippen molar-refractivity contribution in [3.63, 3.8) is 0 Å². The molecule has 2 aromatic heterocycles. The van der Waals surface area contributed by atoms with Crippen LogP contribution in [0.5, 0.6) is 5.75 Å². The van der Waals surface area contributed by atoms with Crippen LogP contribution in [0.3, 0.4) is 0 Å². The third-order valence-corrected chi connectivity index (χ3v) is 5.74. The van der Waals surface area contributed by atoms with Crippen molar-refractivity contribution < 1.29 is 9.53 Å². The number of nitrogens with zero attached hydrogens (tertiary/aromatic N) is 2. The summed E-state index contributed by atoms with van der Waals surface area (Å²) >= 11 is 0. The van der Waals surface area contributed by atoms with Gasteiger partial charge in [0.05, 0.1) is 6.42 Å². The van der Waals surface area contributed by atoms with Crippen molar-refractivity contribution in [2.75, 3.05) is 0 Å². The minimum Gasteiger partial charge on any atom is -0.489 e. The Kier molecular flexibility index (Phi) is 6.47. The van der Waals surface area contributed by atoms with Gasteiger partial charge in [0.2, 0.25) is 5.91 Å². The molecule has 156 valence electrons. The van der Waals surface area contributed by atoms with E-state index in [1.807, 2.05) is 30.3 Å². The molecule has 0 spiro atoms. The minimum atomic E-state index is 0.0997. The maximum atomic E-state index is 12.7. The van der Waals surface area contributed by atoms with Crippen LogP contribution < -0.4 is 10.1 Å². The summed E-state index contributed by atoms with van der Waals surface area (Å²) in [6, 6.07) is 10.3. The number of rotatable bonds is 8. The first kappa shape index (κ1) is 20.2. The Morgan fingerprint density at radius 2 is 2.00 bits per heavy atom. The number of allylic oxidation sites excluding steroid dienone is 1. The molecular weight excluding hydrogens is 374 g/mol. The molecule has 0 aliphatic heterocycles. The smallest absolute Gasteiger partial charge is 0.224 e. The highest BCUT2D eigenvalue weighted by Crippen LogP contribution is 2.27. The van der Waals surface area contributed by atoms with Crippen molar-refractivity contribution in [2.45, 2.75) is 57.7 Å². The number of nitrogens with one attached hydrogen (secondary N) is 1. The van der Waals surface area contributed by atoms with E-state index in [4.69, 9.17) is 4.74 Å². The zero-order chi connectivity index (χ0) is 20.8. The van der Waals surface area contributed by atoms with Crippen molar-refractivity contribution >= 4 is 16.8 Å². The van der Waals surface area contributed by atoms with Gasteiger partial charge in [0.25, 0.3) is 0 Å². The lowest BCUT2D eigenvalue weighted by molar-refractivity contribution is -0.121. The lowest BCUT2D eigenvalue weighted by Gasteiger charge is -2.22. The van der Waals surface area contributed by atoms with Gasteiger partial charge in [-0.3, -0.25) is 9.78 Å². The van der Waals surface area contributed by atoms with E-state index >= 15 is 0 Å². The largest absolute Gasteiger partial charge is 0.489 e. The van der Waals surface area contributed by atoms with E-state index in [1.54, 1.807) is 12.4 Å². The Morgan fingerprint density at radius 3 is 2.77 bits per heavy atom. The summed E-state index contributed by atoms with van der Waals surface area (Å²) < 4.78 is 8.13. The van der Waals surface area contributed by atoms with Crippen LogP contribution in [-0.2, 0) is 24.4 Å². The van der Waals surface area contributed by atoms with Crippen LogP contribution >= 0.6 is 0 Å². The summed E-state index contributed by atoms with van der Waals surface area (Å²) in [7, 11) is 0. The second-order valence-electron chi connectivity index (χ2n) is 8.00. The van der Waals surface area contributed by atoms with Gasteiger partial charge in [0.15, 0.2) is 0 Å². The van der Waals surface area contributed by atoms with E-state index in [0.29, 0.717) is 25.6 Å². The lowest BCUT2D eigenvalue weighted by atomic mass is 9.95. The molecule has 5 nitrogen and oxygen atoms in total. The Hall–Kier alpha value is -3.08. The molecule has 1 aliphatic carbocycles. The maximum absolute atomic E-state index is 12.7. The topological polar surface area (TPSA) is 56.2 Å². The monoisotopic (exact) mass is 403 g/mol. The fraction of sp³-hybridized carbons (Fsp3) is 0.360. The van der Waals surface area contributed by atoms with Gasteiger partial charge in [0, 0.05) is 42.1 Å². The normalized spacial score (nSPS) is 14.5. The van der Waals surface area contributed by atoms with Crippen molar-refractivity contribution in [1.82, 2.24) is 14.9 Å². The quantitative estimate of drug-likeness (QED) is 0.550. The van der Waals surface area contributed by atoms with Crippen molar-refractivity contribution in [3.05, 3.63) is 72.7 Å². The van der Waals surface area contributed by atoms with Crippen LogP contribution in [0.15, 0.2) is 61.6 Å². The number of aromatic nitrogens is 2. The first-order valence-electron chi connectivity index (χ1n) is 10.8. The molecule has 1 N–H and O–H groups in total. The number of carbonyl (C=O) groups is 1. The number of pyridine rings is 1. The number of fused-ring (bicyclic) bond motifs is 1. The molecule has 1 saturated carbocycles. The molecule has 1 fully saturated rings. The molecule has 1 amide bonds. The van der Waals surface area contributed by atoms with Crippen molar-refractivity contribution in [3.8, 4) is 5.75 Å². The first-order valence-corrected chi connectivity index (χ1v) is 10.8. The summed E-state index contributed by atoms with van der Waals surface area (Å²) in [4.78, 5) is 16.7. The zero-order valence-electron chi connectivity index (χ0n) is 17.3. The molecule has 0 atom stereocenters. The zero-order valence-corrected chi connectivity index (χ0v) is 17.3. The highest BCUT2D eigenvalue weighted by molar-refractivity contribution is 5.90. The number of ether oxygens (including phenoxy) is 1. The second-order valence-corrected chi connectivity index (χ2v) is 8.00. The third-order valence-electron chi connectivity index (χ3n) is 5.74. The molecular formula is C25H29N3O2. The maximum Gasteiger partial charge on any atom is 0.224 e.